The predicted molar refractivity (Wildman–Crippen MR) is 113 cm³/mol. The van der Waals surface area contributed by atoms with Crippen molar-refractivity contribution in [3.8, 4) is 0 Å². The molecule has 2 heterocycles. The van der Waals surface area contributed by atoms with Crippen molar-refractivity contribution < 1.29 is 9.21 Å². The van der Waals surface area contributed by atoms with Crippen LogP contribution in [0.4, 0.5) is 5.69 Å². The summed E-state index contributed by atoms with van der Waals surface area (Å²) in [5.41, 5.74) is 4.90. The fourth-order valence-corrected chi connectivity index (χ4v) is 4.24. The van der Waals surface area contributed by atoms with Gasteiger partial charge in [-0.1, -0.05) is 0 Å². The Morgan fingerprint density at radius 1 is 1.18 bits per heavy atom. The summed E-state index contributed by atoms with van der Waals surface area (Å²) >= 11 is 3.26. The number of carbonyl (C=O) groups excluding carboxylic acids is 1. The molecule has 5 nitrogen and oxygen atoms in total. The maximum absolute atomic E-state index is 12.5. The monoisotopic (exact) mass is 408 g/mol. The number of anilines is 1. The molecule has 0 bridgehead atoms. The molecule has 0 aliphatic heterocycles. The molecule has 140 valence electrons. The topological polar surface area (TPSA) is 72.2 Å². The Labute approximate surface area is 169 Å². The van der Waals surface area contributed by atoms with E-state index in [0.717, 1.165) is 27.3 Å². The highest BCUT2D eigenvalue weighted by Crippen LogP contribution is 2.24. The number of nitrogens with one attached hydrogen (secondary N) is 1. The van der Waals surface area contributed by atoms with E-state index in [0.29, 0.717) is 16.8 Å². The molecular formula is C21H16N2O3S2. The van der Waals surface area contributed by atoms with E-state index in [4.69, 9.17) is 4.42 Å². The van der Waals surface area contributed by atoms with E-state index in [-0.39, 0.29) is 5.91 Å². The van der Waals surface area contributed by atoms with E-state index in [9.17, 15) is 9.59 Å². The van der Waals surface area contributed by atoms with Crippen molar-refractivity contribution in [2.45, 2.75) is 17.6 Å². The number of benzene rings is 2. The van der Waals surface area contributed by atoms with E-state index in [2.05, 4.69) is 10.3 Å². The number of thioether (sulfide) groups is 1. The number of nitrogens with zero attached hydrogens (tertiary/aromatic N) is 1. The molecule has 0 unspecified atom stereocenters. The predicted octanol–water partition coefficient (Wildman–Crippen LogP) is 5.10. The van der Waals surface area contributed by atoms with Crippen molar-refractivity contribution in [2.75, 3.05) is 5.32 Å². The van der Waals surface area contributed by atoms with Gasteiger partial charge in [0.1, 0.15) is 5.58 Å². The molecular weight excluding hydrogens is 392 g/mol. The van der Waals surface area contributed by atoms with E-state index in [1.54, 1.807) is 47.4 Å². The number of hydrogen-bond acceptors (Lipinski definition) is 6. The molecule has 1 amide bonds. The molecule has 4 rings (SSSR count). The Bertz CT molecular complexity index is 1180. The first-order valence-corrected chi connectivity index (χ1v) is 10.5. The highest BCUT2D eigenvalue weighted by atomic mass is 32.2. The molecule has 0 radical (unpaired) electrons. The molecule has 7 heteroatoms. The molecule has 0 saturated heterocycles. The molecule has 0 fully saturated rings. The summed E-state index contributed by atoms with van der Waals surface area (Å²) < 4.78 is 5.23. The Morgan fingerprint density at radius 2 is 2.00 bits per heavy atom. The summed E-state index contributed by atoms with van der Waals surface area (Å²) in [5, 5.41) is 5.72. The van der Waals surface area contributed by atoms with Gasteiger partial charge in [-0.15, -0.1) is 23.1 Å². The van der Waals surface area contributed by atoms with Crippen LogP contribution >= 0.6 is 23.1 Å². The number of fused-ring (bicyclic) bond motifs is 1. The summed E-state index contributed by atoms with van der Waals surface area (Å²) in [6, 6.07) is 14.2. The number of amides is 1. The van der Waals surface area contributed by atoms with Gasteiger partial charge >= 0.3 is 5.63 Å². The van der Waals surface area contributed by atoms with Crippen LogP contribution in [0.2, 0.25) is 0 Å². The second-order valence-corrected chi connectivity index (χ2v) is 7.97. The minimum Gasteiger partial charge on any atom is -0.423 e. The Morgan fingerprint density at radius 3 is 2.75 bits per heavy atom. The SMILES string of the molecule is Cc1cc(=O)oc2cc(NC(=O)c3ccc(SCc4cscn4)cc3)ccc12. The summed E-state index contributed by atoms with van der Waals surface area (Å²) in [4.78, 5) is 29.4. The van der Waals surface area contributed by atoms with Gasteiger partial charge in [0.2, 0.25) is 0 Å². The maximum atomic E-state index is 12.5. The van der Waals surface area contributed by atoms with Gasteiger partial charge in [-0.25, -0.2) is 9.78 Å². The number of aromatic nitrogens is 1. The van der Waals surface area contributed by atoms with Crippen molar-refractivity contribution in [1.29, 1.82) is 0 Å². The molecule has 4 aromatic rings. The Balaban J connectivity index is 1.46. The van der Waals surface area contributed by atoms with Gasteiger partial charge in [-0.05, 0) is 48.9 Å². The zero-order valence-corrected chi connectivity index (χ0v) is 16.6. The van der Waals surface area contributed by atoms with Crippen LogP contribution in [0, 0.1) is 6.92 Å². The number of aryl methyl sites for hydroxylation is 1. The fraction of sp³-hybridized carbons (Fsp3) is 0.0952. The van der Waals surface area contributed by atoms with Gasteiger partial charge in [0, 0.05) is 44.8 Å². The Kier molecular flexibility index (Phi) is 5.27. The number of rotatable bonds is 5. The highest BCUT2D eigenvalue weighted by molar-refractivity contribution is 7.98. The average Bonchev–Trinajstić information content (AvgIpc) is 3.20. The van der Waals surface area contributed by atoms with Gasteiger partial charge in [-0.3, -0.25) is 4.79 Å². The number of thiazole rings is 1. The summed E-state index contributed by atoms with van der Waals surface area (Å²) in [6.45, 7) is 1.85. The van der Waals surface area contributed by atoms with Crippen LogP contribution in [0.5, 0.6) is 0 Å². The third kappa shape index (κ3) is 4.16. The molecule has 0 aliphatic carbocycles. The maximum Gasteiger partial charge on any atom is 0.336 e. The standard InChI is InChI=1S/C21H16N2O3S2/c1-13-8-20(24)26-19-9-15(4-7-18(13)19)23-21(25)14-2-5-17(6-3-14)28-11-16-10-27-12-22-16/h2-10,12H,11H2,1H3,(H,23,25). The second kappa shape index (κ2) is 8.00. The second-order valence-electron chi connectivity index (χ2n) is 6.21. The third-order valence-electron chi connectivity index (χ3n) is 4.20. The van der Waals surface area contributed by atoms with Gasteiger partial charge in [0.25, 0.3) is 5.91 Å². The highest BCUT2D eigenvalue weighted by Gasteiger charge is 2.09. The average molecular weight is 409 g/mol. The molecule has 0 atom stereocenters. The van der Waals surface area contributed by atoms with Crippen molar-refractivity contribution in [3.63, 3.8) is 0 Å². The minimum atomic E-state index is -0.404. The lowest BCUT2D eigenvalue weighted by atomic mass is 10.1. The lowest BCUT2D eigenvalue weighted by Crippen LogP contribution is -2.11. The van der Waals surface area contributed by atoms with Crippen molar-refractivity contribution in [3.05, 3.63) is 86.7 Å². The van der Waals surface area contributed by atoms with Crippen LogP contribution in [0.15, 0.2) is 73.5 Å². The summed E-state index contributed by atoms with van der Waals surface area (Å²) in [6.07, 6.45) is 0. The smallest absolute Gasteiger partial charge is 0.336 e. The zero-order chi connectivity index (χ0) is 19.5. The molecule has 0 aliphatic rings. The molecule has 1 N–H and O–H groups in total. The lowest BCUT2D eigenvalue weighted by molar-refractivity contribution is 0.102. The quantitative estimate of drug-likeness (QED) is 0.367. The van der Waals surface area contributed by atoms with E-state index >= 15 is 0 Å². The van der Waals surface area contributed by atoms with Gasteiger partial charge < -0.3 is 9.73 Å². The van der Waals surface area contributed by atoms with E-state index < -0.39 is 5.63 Å². The van der Waals surface area contributed by atoms with Crippen LogP contribution in [-0.4, -0.2) is 10.9 Å². The Hall–Kier alpha value is -2.90. The fourth-order valence-electron chi connectivity index (χ4n) is 2.77. The van der Waals surface area contributed by atoms with Crippen molar-refractivity contribution in [2.24, 2.45) is 0 Å². The summed E-state index contributed by atoms with van der Waals surface area (Å²) in [7, 11) is 0. The first-order chi connectivity index (χ1) is 13.6. The zero-order valence-electron chi connectivity index (χ0n) is 15.0. The largest absolute Gasteiger partial charge is 0.423 e. The number of carbonyl (C=O) groups is 1. The van der Waals surface area contributed by atoms with Crippen LogP contribution in [0.25, 0.3) is 11.0 Å². The molecule has 0 spiro atoms. The molecule has 0 saturated carbocycles. The van der Waals surface area contributed by atoms with E-state index in [1.807, 2.05) is 36.0 Å². The molecule has 2 aromatic heterocycles. The normalized spacial score (nSPS) is 10.9. The van der Waals surface area contributed by atoms with Gasteiger partial charge in [0.05, 0.1) is 11.2 Å². The van der Waals surface area contributed by atoms with Crippen LogP contribution < -0.4 is 10.9 Å². The first kappa shape index (κ1) is 18.5. The molecule has 28 heavy (non-hydrogen) atoms. The van der Waals surface area contributed by atoms with Crippen LogP contribution in [0.3, 0.4) is 0 Å². The third-order valence-corrected chi connectivity index (χ3v) is 5.88. The van der Waals surface area contributed by atoms with E-state index in [1.165, 1.54) is 6.07 Å². The lowest BCUT2D eigenvalue weighted by Gasteiger charge is -2.08. The molecule has 2 aromatic carbocycles. The number of hydrogen-bond donors (Lipinski definition) is 1. The minimum absolute atomic E-state index is 0.217. The van der Waals surface area contributed by atoms with Crippen molar-refractivity contribution in [1.82, 2.24) is 4.98 Å². The van der Waals surface area contributed by atoms with Gasteiger partial charge in [0.15, 0.2) is 0 Å². The van der Waals surface area contributed by atoms with Gasteiger partial charge in [-0.2, -0.15) is 0 Å². The first-order valence-electron chi connectivity index (χ1n) is 8.54. The van der Waals surface area contributed by atoms with Crippen LogP contribution in [0.1, 0.15) is 21.6 Å². The summed E-state index contributed by atoms with van der Waals surface area (Å²) in [5.74, 6) is 0.585. The van der Waals surface area contributed by atoms with Crippen molar-refractivity contribution >= 4 is 45.7 Å². The van der Waals surface area contributed by atoms with Crippen LogP contribution in [-0.2, 0) is 5.75 Å².